The van der Waals surface area contributed by atoms with Crippen LogP contribution in [0.1, 0.15) is 29.2 Å². The topological polar surface area (TPSA) is 73.2 Å². The summed E-state index contributed by atoms with van der Waals surface area (Å²) in [6, 6.07) is 74.7. The van der Waals surface area contributed by atoms with Crippen molar-refractivity contribution in [2.45, 2.75) is 13.8 Å². The summed E-state index contributed by atoms with van der Waals surface area (Å²) >= 11 is -1.46. The van der Waals surface area contributed by atoms with Gasteiger partial charge in [0.25, 0.3) is 0 Å². The average Bonchev–Trinajstić information content (AvgIpc) is 3.97. The monoisotopic (exact) mass is 1160 g/mol. The zero-order chi connectivity index (χ0) is 50.3. The molecule has 9 aromatic carbocycles. The predicted molar refractivity (Wildman–Crippen MR) is 316 cm³/mol. The van der Waals surface area contributed by atoms with Gasteiger partial charge < -0.3 is 0 Å². The maximum atomic E-state index is 5.24. The molecule has 12 rings (SSSR count). The SMILES string of the molecule is C=Pc1nc(-c2ccccc2)nc(-c2ccc3c(c2)c2ccccc2n3-c2cc(-c3cccc[c]3[Tl]=[CH2])c(C)cc2-n2c3ccccc3c3cc(C(C)=NC(=NC(=C)c4ccccc4)c4ccccc4)ccc32)n1. The molecule has 3 heterocycles. The van der Waals surface area contributed by atoms with E-state index >= 15 is 0 Å². The Morgan fingerprint density at radius 3 is 1.69 bits per heavy atom. The summed E-state index contributed by atoms with van der Waals surface area (Å²) in [6.07, 6.45) is 4.12. The molecule has 0 spiro atoms. The summed E-state index contributed by atoms with van der Waals surface area (Å²) in [7, 11) is 0.722. The van der Waals surface area contributed by atoms with Gasteiger partial charge in [-0.1, -0.05) is 104 Å². The van der Waals surface area contributed by atoms with Crippen LogP contribution in [0.4, 0.5) is 0 Å². The van der Waals surface area contributed by atoms with E-state index in [9.17, 15) is 0 Å². The van der Waals surface area contributed by atoms with Crippen molar-refractivity contribution in [2.24, 2.45) is 9.98 Å². The number of aliphatic imine (C=N–C) groups is 2. The van der Waals surface area contributed by atoms with Gasteiger partial charge in [0, 0.05) is 11.1 Å². The fourth-order valence-corrected chi connectivity index (χ4v) is 13.3. The van der Waals surface area contributed by atoms with Crippen molar-refractivity contribution in [3.8, 4) is 45.3 Å². The molecule has 9 heteroatoms. The number of fused-ring (bicyclic) bond motifs is 6. The Kier molecular flexibility index (Phi) is 12.6. The molecule has 0 radical (unpaired) electrons. The number of para-hydroxylation sites is 2. The van der Waals surface area contributed by atoms with Crippen LogP contribution in [0.25, 0.3) is 94.6 Å². The number of benzene rings is 9. The van der Waals surface area contributed by atoms with E-state index in [1.807, 2.05) is 91.0 Å². The van der Waals surface area contributed by atoms with Crippen LogP contribution in [0.3, 0.4) is 0 Å². The summed E-state index contributed by atoms with van der Waals surface area (Å²) in [6.45, 7) is 8.65. The first-order valence-corrected chi connectivity index (χ1v) is 31.0. The Hall–Kier alpha value is -8.37. The minimum atomic E-state index is -1.46. The van der Waals surface area contributed by atoms with Gasteiger partial charge in [-0.2, -0.15) is 0 Å². The van der Waals surface area contributed by atoms with Crippen molar-refractivity contribution in [1.29, 1.82) is 0 Å². The first kappa shape index (κ1) is 46.7. The molecule has 0 aliphatic heterocycles. The van der Waals surface area contributed by atoms with Crippen LogP contribution in [0, 0.1) is 6.92 Å². The van der Waals surface area contributed by atoms with Gasteiger partial charge in [-0.3, -0.25) is 0 Å². The molecular formula is C65H47N7PTl. The van der Waals surface area contributed by atoms with E-state index < -0.39 is 23.7 Å². The summed E-state index contributed by atoms with van der Waals surface area (Å²) in [5, 5.41) is 4.51. The second-order valence-electron chi connectivity index (χ2n) is 18.2. The molecule has 12 aromatic rings. The third-order valence-corrected chi connectivity index (χ3v) is 17.9. The summed E-state index contributed by atoms with van der Waals surface area (Å²) in [5.41, 5.74) is 17.0. The predicted octanol–water partition coefficient (Wildman–Crippen LogP) is 14.1. The Morgan fingerprint density at radius 2 is 1.03 bits per heavy atom. The van der Waals surface area contributed by atoms with Gasteiger partial charge in [0.05, 0.1) is 5.70 Å². The quantitative estimate of drug-likeness (QED) is 0.0561. The fraction of sp³-hybridized carbons (Fsp3) is 0.0308. The van der Waals surface area contributed by atoms with Crippen molar-refractivity contribution in [3.05, 3.63) is 241 Å². The fourth-order valence-electron chi connectivity index (χ4n) is 10.1. The van der Waals surface area contributed by atoms with E-state index in [-0.39, 0.29) is 0 Å². The molecule has 0 bridgehead atoms. The number of nitrogens with zero attached hydrogens (tertiary/aromatic N) is 7. The van der Waals surface area contributed by atoms with Crippen molar-refractivity contribution in [1.82, 2.24) is 24.1 Å². The first-order chi connectivity index (χ1) is 36.3. The molecule has 350 valence electrons. The molecule has 0 amide bonds. The molecule has 0 fully saturated rings. The van der Waals surface area contributed by atoms with Crippen LogP contribution in [-0.4, -0.2) is 69.7 Å². The van der Waals surface area contributed by atoms with E-state index in [0.29, 0.717) is 28.7 Å². The van der Waals surface area contributed by atoms with E-state index in [4.69, 9.17) is 24.9 Å². The zero-order valence-corrected chi connectivity index (χ0v) is 46.4. The van der Waals surface area contributed by atoms with Gasteiger partial charge in [0.15, 0.2) is 17.2 Å². The van der Waals surface area contributed by atoms with Crippen molar-refractivity contribution in [3.63, 3.8) is 0 Å². The molecule has 0 saturated carbocycles. The first-order valence-electron chi connectivity index (χ1n) is 24.5. The minimum absolute atomic E-state index is 0.607. The van der Waals surface area contributed by atoms with Crippen molar-refractivity contribution >= 4 is 112 Å². The van der Waals surface area contributed by atoms with E-state index in [0.717, 1.165) is 96.7 Å². The Morgan fingerprint density at radius 1 is 0.486 bits per heavy atom. The van der Waals surface area contributed by atoms with Gasteiger partial charge in [-0.05, 0) is 20.7 Å². The number of aromatic nitrogens is 5. The summed E-state index contributed by atoms with van der Waals surface area (Å²) < 4.78 is 10.9. The van der Waals surface area contributed by atoms with Gasteiger partial charge in [-0.25, -0.2) is 15.0 Å². The zero-order valence-electron chi connectivity index (χ0n) is 41.0. The molecule has 0 saturated heterocycles. The molecule has 7 nitrogen and oxygen atoms in total. The normalized spacial score (nSPS) is 12.0. The molecule has 0 N–H and O–H groups in total. The van der Waals surface area contributed by atoms with Crippen molar-refractivity contribution < 1.29 is 0 Å². The third kappa shape index (κ3) is 8.57. The third-order valence-electron chi connectivity index (χ3n) is 13.7. The maximum absolute atomic E-state index is 5.24. The second kappa shape index (κ2) is 19.9. The number of aryl methyl sites for hydroxylation is 1. The Labute approximate surface area is 443 Å². The molecule has 0 aliphatic carbocycles. The molecule has 3 aromatic heterocycles. The average molecular weight is 1160 g/mol. The molecular weight excluding hydrogens is 1110 g/mol. The van der Waals surface area contributed by atoms with Gasteiger partial charge in [0.1, 0.15) is 0 Å². The molecule has 74 heavy (non-hydrogen) atoms. The van der Waals surface area contributed by atoms with Crippen LogP contribution in [0.15, 0.2) is 229 Å². The van der Waals surface area contributed by atoms with Crippen LogP contribution in [0.2, 0.25) is 0 Å². The van der Waals surface area contributed by atoms with Gasteiger partial charge in [-0.15, -0.1) is 0 Å². The van der Waals surface area contributed by atoms with Crippen molar-refractivity contribution in [2.75, 3.05) is 0 Å². The molecule has 0 aliphatic rings. The number of amidine groups is 1. The van der Waals surface area contributed by atoms with Gasteiger partial charge >= 0.3 is 273 Å². The van der Waals surface area contributed by atoms with Crippen LogP contribution < -0.4 is 8.69 Å². The van der Waals surface area contributed by atoms with E-state index in [2.05, 4.69) is 161 Å². The van der Waals surface area contributed by atoms with Crippen LogP contribution in [0.5, 0.6) is 0 Å². The van der Waals surface area contributed by atoms with Gasteiger partial charge in [0.2, 0.25) is 0 Å². The second-order valence-corrected chi connectivity index (χ2v) is 23.0. The summed E-state index contributed by atoms with van der Waals surface area (Å²) in [4.78, 5) is 25.0. The Bertz CT molecular complexity index is 4270. The number of hydrogen-bond donors (Lipinski definition) is 0. The Balaban J connectivity index is 1.07. The molecule has 0 atom stereocenters. The molecule has 0 unspecified atom stereocenters. The standard InChI is InChI=1S/C64H45N7P.CH2.Tl/c1-41-37-59(70-55-31-19-17-29-50(55)53-38-48(33-35-57(53)70)43(3)66-61(46-25-13-7-14-26-46)65-42(2)44-21-9-5-10-22-44)60(40-52(41)45-23-11-6-12-24-45)71-56-32-20-18-30-51(56)54-39-49(34-36-58(54)71)63-67-62(68-64(69-63)72-4)47-27-15-8-16-28-47;;/h5-23,25-40H,2,4H2,1,3H3;1H2;. The van der Waals surface area contributed by atoms with E-state index in [1.165, 1.54) is 19.8 Å². The summed E-state index contributed by atoms with van der Waals surface area (Å²) in [5.74, 6) is 1.85. The number of hydrogen-bond acceptors (Lipinski definition) is 4. The van der Waals surface area contributed by atoms with E-state index in [1.54, 1.807) is 0 Å². The number of rotatable bonds is 11. The van der Waals surface area contributed by atoms with Crippen LogP contribution in [-0.2, 0) is 0 Å². The van der Waals surface area contributed by atoms with Crippen LogP contribution >= 0.6 is 8.20 Å².